The number of pyridine rings is 1. The van der Waals surface area contributed by atoms with E-state index >= 15 is 0 Å². The van der Waals surface area contributed by atoms with Crippen molar-refractivity contribution >= 4 is 29.3 Å². The molecule has 16 heavy (non-hydrogen) atoms. The predicted molar refractivity (Wildman–Crippen MR) is 68.9 cm³/mol. The standard InChI is InChI=1S/C12H8N2O.BrH/c1-2-12-10(14-5-1)8-9-3-6-13-7-4-11(9)15-12;/h1-8H;1H. The fourth-order valence-corrected chi connectivity index (χ4v) is 1.54. The van der Waals surface area contributed by atoms with Crippen LogP contribution in [-0.2, 0) is 0 Å². The zero-order valence-electron chi connectivity index (χ0n) is 8.33. The zero-order valence-corrected chi connectivity index (χ0v) is 10.0. The summed E-state index contributed by atoms with van der Waals surface area (Å²) >= 11 is 0. The Bertz CT molecular complexity index is 530. The lowest BCUT2D eigenvalue weighted by molar-refractivity contribution is 0.432. The summed E-state index contributed by atoms with van der Waals surface area (Å²) in [6.45, 7) is 0. The Kier molecular flexibility index (Phi) is 3.01. The minimum Gasteiger partial charge on any atom is -0.454 e. The molecule has 0 spiro atoms. The number of nitrogens with zero attached hydrogens (tertiary/aromatic N) is 2. The minimum atomic E-state index is 0. The summed E-state index contributed by atoms with van der Waals surface area (Å²) in [6, 6.07) is 3.76. The molecule has 80 valence electrons. The van der Waals surface area contributed by atoms with E-state index in [1.165, 1.54) is 0 Å². The van der Waals surface area contributed by atoms with Crippen molar-refractivity contribution < 1.29 is 4.74 Å². The molecule has 1 aromatic heterocycles. The number of rotatable bonds is 0. The van der Waals surface area contributed by atoms with E-state index in [0.717, 1.165) is 22.8 Å². The molecule has 1 aromatic rings. The van der Waals surface area contributed by atoms with Crippen LogP contribution in [0.25, 0.3) is 6.08 Å². The van der Waals surface area contributed by atoms with Crippen LogP contribution in [0.3, 0.4) is 0 Å². The highest BCUT2D eigenvalue weighted by molar-refractivity contribution is 8.93. The Morgan fingerprint density at radius 3 is 3.12 bits per heavy atom. The summed E-state index contributed by atoms with van der Waals surface area (Å²) in [7, 11) is 0. The summed E-state index contributed by atoms with van der Waals surface area (Å²) in [6.07, 6.45) is 11.0. The molecular formula is C12H9BrN2O. The molecule has 0 fully saturated rings. The van der Waals surface area contributed by atoms with Gasteiger partial charge in [-0.05, 0) is 30.4 Å². The van der Waals surface area contributed by atoms with Gasteiger partial charge in [-0.2, -0.15) is 0 Å². The van der Waals surface area contributed by atoms with Gasteiger partial charge in [-0.1, -0.05) is 0 Å². The Morgan fingerprint density at radius 2 is 2.19 bits per heavy atom. The molecule has 0 unspecified atom stereocenters. The van der Waals surface area contributed by atoms with Crippen LogP contribution >= 0.6 is 17.0 Å². The summed E-state index contributed by atoms with van der Waals surface area (Å²) in [5, 5.41) is 0. The average Bonchev–Trinajstić information content (AvgIpc) is 2.50. The topological polar surface area (TPSA) is 34.5 Å². The third kappa shape index (κ3) is 1.84. The Hall–Kier alpha value is -1.68. The van der Waals surface area contributed by atoms with Crippen molar-refractivity contribution in [2.75, 3.05) is 0 Å². The molecule has 0 saturated heterocycles. The van der Waals surface area contributed by atoms with Crippen LogP contribution in [0, 0.1) is 0 Å². The molecule has 0 aliphatic carbocycles. The van der Waals surface area contributed by atoms with Gasteiger partial charge in [0.2, 0.25) is 0 Å². The van der Waals surface area contributed by atoms with Gasteiger partial charge in [0, 0.05) is 24.2 Å². The molecule has 0 aromatic carbocycles. The van der Waals surface area contributed by atoms with Crippen LogP contribution < -0.4 is 4.74 Å². The summed E-state index contributed by atoms with van der Waals surface area (Å²) < 4.78 is 5.70. The van der Waals surface area contributed by atoms with Crippen molar-refractivity contribution in [3.8, 4) is 5.75 Å². The van der Waals surface area contributed by atoms with E-state index in [4.69, 9.17) is 4.74 Å². The van der Waals surface area contributed by atoms with Crippen molar-refractivity contribution in [3.05, 3.63) is 53.7 Å². The van der Waals surface area contributed by atoms with E-state index in [0.29, 0.717) is 0 Å². The SMILES string of the molecule is Br.C1=CC2=Cc3ncccc3OC2=CC=N1. The lowest BCUT2D eigenvalue weighted by atomic mass is 10.1. The van der Waals surface area contributed by atoms with Crippen molar-refractivity contribution in [1.82, 2.24) is 4.98 Å². The van der Waals surface area contributed by atoms with Gasteiger partial charge in [-0.3, -0.25) is 9.98 Å². The van der Waals surface area contributed by atoms with Crippen LogP contribution in [0.4, 0.5) is 0 Å². The first-order valence-electron chi connectivity index (χ1n) is 4.68. The van der Waals surface area contributed by atoms with Gasteiger partial charge in [0.25, 0.3) is 0 Å². The molecule has 3 nitrogen and oxygen atoms in total. The van der Waals surface area contributed by atoms with E-state index in [1.54, 1.807) is 18.6 Å². The van der Waals surface area contributed by atoms with Gasteiger partial charge in [0.15, 0.2) is 5.75 Å². The van der Waals surface area contributed by atoms with E-state index in [2.05, 4.69) is 9.98 Å². The highest BCUT2D eigenvalue weighted by Crippen LogP contribution is 2.30. The first-order chi connectivity index (χ1) is 7.43. The number of allylic oxidation sites excluding steroid dienone is 2. The molecule has 2 aliphatic heterocycles. The van der Waals surface area contributed by atoms with Gasteiger partial charge < -0.3 is 4.74 Å². The van der Waals surface area contributed by atoms with Crippen molar-refractivity contribution in [3.63, 3.8) is 0 Å². The smallest absolute Gasteiger partial charge is 0.153 e. The van der Waals surface area contributed by atoms with Crippen LogP contribution in [0.2, 0.25) is 0 Å². The van der Waals surface area contributed by atoms with E-state index in [-0.39, 0.29) is 17.0 Å². The summed E-state index contributed by atoms with van der Waals surface area (Å²) in [5.41, 5.74) is 1.86. The predicted octanol–water partition coefficient (Wildman–Crippen LogP) is 2.92. The maximum atomic E-state index is 5.70. The number of hydrogen-bond acceptors (Lipinski definition) is 3. The molecule has 3 rings (SSSR count). The van der Waals surface area contributed by atoms with Gasteiger partial charge in [0.1, 0.15) is 11.5 Å². The molecule has 3 heterocycles. The fraction of sp³-hybridized carbons (Fsp3) is 0. The number of halogens is 1. The first-order valence-corrected chi connectivity index (χ1v) is 4.68. The third-order valence-electron chi connectivity index (χ3n) is 2.25. The monoisotopic (exact) mass is 276 g/mol. The maximum Gasteiger partial charge on any atom is 0.153 e. The Balaban J connectivity index is 0.000000963. The normalized spacial score (nSPS) is 15.8. The molecule has 0 N–H and O–H groups in total. The van der Waals surface area contributed by atoms with E-state index in [9.17, 15) is 0 Å². The van der Waals surface area contributed by atoms with Crippen molar-refractivity contribution in [2.45, 2.75) is 0 Å². The second-order valence-corrected chi connectivity index (χ2v) is 3.23. The highest BCUT2D eigenvalue weighted by Gasteiger charge is 2.15. The number of aliphatic imine (C=N–C) groups is 1. The molecule has 0 bridgehead atoms. The molecule has 0 saturated carbocycles. The maximum absolute atomic E-state index is 5.70. The lowest BCUT2D eigenvalue weighted by Gasteiger charge is -2.16. The largest absolute Gasteiger partial charge is 0.454 e. The third-order valence-corrected chi connectivity index (χ3v) is 2.25. The number of fused-ring (bicyclic) bond motifs is 2. The fourth-order valence-electron chi connectivity index (χ4n) is 1.54. The second-order valence-electron chi connectivity index (χ2n) is 3.23. The molecule has 0 radical (unpaired) electrons. The highest BCUT2D eigenvalue weighted by atomic mass is 79.9. The Morgan fingerprint density at radius 1 is 1.25 bits per heavy atom. The second kappa shape index (κ2) is 4.45. The Labute approximate surface area is 104 Å². The molecule has 2 aliphatic rings. The quantitative estimate of drug-likeness (QED) is 0.730. The van der Waals surface area contributed by atoms with Crippen LogP contribution in [0.5, 0.6) is 5.75 Å². The van der Waals surface area contributed by atoms with E-state index in [1.807, 2.05) is 30.4 Å². The van der Waals surface area contributed by atoms with Crippen molar-refractivity contribution in [2.24, 2.45) is 4.99 Å². The summed E-state index contributed by atoms with van der Waals surface area (Å²) in [4.78, 5) is 8.27. The molecular weight excluding hydrogens is 268 g/mol. The van der Waals surface area contributed by atoms with Gasteiger partial charge in [0.05, 0.1) is 0 Å². The summed E-state index contributed by atoms with van der Waals surface area (Å²) in [5.74, 6) is 1.60. The van der Waals surface area contributed by atoms with Gasteiger partial charge in [-0.15, -0.1) is 17.0 Å². The van der Waals surface area contributed by atoms with Crippen molar-refractivity contribution in [1.29, 1.82) is 0 Å². The van der Waals surface area contributed by atoms with E-state index < -0.39 is 0 Å². The average molecular weight is 277 g/mol. The molecule has 4 heteroatoms. The number of aromatic nitrogens is 1. The minimum absolute atomic E-state index is 0. The molecule has 0 atom stereocenters. The van der Waals surface area contributed by atoms with Gasteiger partial charge in [-0.25, -0.2) is 0 Å². The lowest BCUT2D eigenvalue weighted by Crippen LogP contribution is -2.05. The number of hydrogen-bond donors (Lipinski definition) is 0. The molecule has 0 amide bonds. The zero-order chi connectivity index (χ0) is 10.1. The van der Waals surface area contributed by atoms with Crippen LogP contribution in [0.1, 0.15) is 5.69 Å². The number of ether oxygens (including phenoxy) is 1. The van der Waals surface area contributed by atoms with Crippen LogP contribution in [0.15, 0.2) is 53.0 Å². The van der Waals surface area contributed by atoms with Gasteiger partial charge >= 0.3 is 0 Å². The van der Waals surface area contributed by atoms with Crippen LogP contribution in [-0.4, -0.2) is 11.2 Å². The first kappa shape index (κ1) is 10.8.